The van der Waals surface area contributed by atoms with E-state index in [-0.39, 0.29) is 0 Å². The molecule has 3 fully saturated rings. The molecule has 3 aliphatic rings. The van der Waals surface area contributed by atoms with Gasteiger partial charge in [-0.15, -0.1) is 0 Å². The van der Waals surface area contributed by atoms with Crippen LogP contribution in [0.5, 0.6) is 0 Å². The van der Waals surface area contributed by atoms with Crippen LogP contribution in [-0.2, 0) is 33.3 Å². The van der Waals surface area contributed by atoms with Crippen LogP contribution < -0.4 is 10.6 Å². The summed E-state index contributed by atoms with van der Waals surface area (Å²) in [6.45, 7) is -0.117. The molecule has 3 heterocycles. The molecule has 3 aliphatic heterocycles. The summed E-state index contributed by atoms with van der Waals surface area (Å²) in [5.74, 6) is -1.30. The van der Waals surface area contributed by atoms with Crippen molar-refractivity contribution in [3.8, 4) is 0 Å². The molecule has 0 spiro atoms. The van der Waals surface area contributed by atoms with Crippen LogP contribution in [0.1, 0.15) is 13.8 Å². The first kappa shape index (κ1) is 32.9. The van der Waals surface area contributed by atoms with Gasteiger partial charge in [0.15, 0.2) is 18.9 Å². The average Bonchev–Trinajstić information content (AvgIpc) is 2.90. The van der Waals surface area contributed by atoms with Crippen LogP contribution in [0.15, 0.2) is 0 Å². The van der Waals surface area contributed by atoms with Gasteiger partial charge in [0.05, 0.1) is 19.8 Å². The normalized spacial score (nSPS) is 46.0. The number of carbonyl (C=O) groups excluding carboxylic acids is 2. The molecule has 1 unspecified atom stereocenters. The Bertz CT molecular complexity index is 852. The Morgan fingerprint density at radius 1 is 0.600 bits per heavy atom. The average molecular weight is 587 g/mol. The summed E-state index contributed by atoms with van der Waals surface area (Å²) in [5, 5.41) is 96.5. The number of rotatable bonds is 9. The van der Waals surface area contributed by atoms with Crippen LogP contribution in [0.2, 0.25) is 0 Å². The number of aliphatic hydroxyl groups is 9. The summed E-state index contributed by atoms with van der Waals surface area (Å²) in [4.78, 5) is 23.5. The molecule has 0 aromatic heterocycles. The Balaban J connectivity index is 1.85. The van der Waals surface area contributed by atoms with Crippen LogP contribution in [0.25, 0.3) is 0 Å². The molecular weight excluding hydrogens is 548 g/mol. The van der Waals surface area contributed by atoms with Gasteiger partial charge in [-0.25, -0.2) is 0 Å². The lowest BCUT2D eigenvalue weighted by Crippen LogP contribution is -2.70. The molecule has 0 aliphatic carbocycles. The molecule has 0 radical (unpaired) electrons. The number of hydrogen-bond donors (Lipinski definition) is 11. The van der Waals surface area contributed by atoms with Crippen molar-refractivity contribution < 1.29 is 79.2 Å². The van der Waals surface area contributed by atoms with Gasteiger partial charge in [-0.05, 0) is 0 Å². The van der Waals surface area contributed by atoms with E-state index >= 15 is 0 Å². The van der Waals surface area contributed by atoms with Crippen molar-refractivity contribution in [2.45, 2.75) is 106 Å². The largest absolute Gasteiger partial charge is 0.394 e. The molecule has 3 rings (SSSR count). The second-order valence-corrected chi connectivity index (χ2v) is 9.81. The van der Waals surface area contributed by atoms with Crippen molar-refractivity contribution >= 4 is 11.8 Å². The zero-order valence-corrected chi connectivity index (χ0v) is 21.7. The lowest BCUT2D eigenvalue weighted by molar-refractivity contribution is -0.360. The summed E-state index contributed by atoms with van der Waals surface area (Å²) in [5.41, 5.74) is 0. The van der Waals surface area contributed by atoms with E-state index in [2.05, 4.69) is 10.6 Å². The molecule has 232 valence electrons. The molecule has 15 atom stereocenters. The van der Waals surface area contributed by atoms with Crippen LogP contribution in [0, 0.1) is 0 Å². The minimum absolute atomic E-state index is 0.623. The minimum Gasteiger partial charge on any atom is -0.394 e. The van der Waals surface area contributed by atoms with Gasteiger partial charge in [-0.2, -0.15) is 0 Å². The third-order valence-electron chi connectivity index (χ3n) is 6.90. The van der Waals surface area contributed by atoms with E-state index in [9.17, 15) is 55.5 Å². The van der Waals surface area contributed by atoms with E-state index in [0.29, 0.717) is 0 Å². The number of ether oxygens (including phenoxy) is 5. The van der Waals surface area contributed by atoms with Crippen LogP contribution in [-0.4, -0.2) is 170 Å². The van der Waals surface area contributed by atoms with Gasteiger partial charge < -0.3 is 80.3 Å². The van der Waals surface area contributed by atoms with Crippen LogP contribution in [0.4, 0.5) is 0 Å². The van der Waals surface area contributed by atoms with Gasteiger partial charge in [0.25, 0.3) is 0 Å². The molecule has 2 amide bonds. The number of amides is 2. The van der Waals surface area contributed by atoms with E-state index < -0.39 is 124 Å². The highest BCUT2D eigenvalue weighted by atomic mass is 16.7. The summed E-state index contributed by atoms with van der Waals surface area (Å²) in [7, 11) is 0. The van der Waals surface area contributed by atoms with Crippen molar-refractivity contribution in [2.24, 2.45) is 0 Å². The van der Waals surface area contributed by atoms with E-state index in [1.165, 1.54) is 0 Å². The van der Waals surface area contributed by atoms with Gasteiger partial charge in [0, 0.05) is 13.8 Å². The molecule has 3 saturated heterocycles. The number of carbonyl (C=O) groups is 2. The Hall–Kier alpha value is -1.62. The maximum atomic E-state index is 12.0. The third-order valence-corrected chi connectivity index (χ3v) is 6.90. The highest BCUT2D eigenvalue weighted by Gasteiger charge is 2.54. The topological polar surface area (TPSA) is 286 Å². The highest BCUT2D eigenvalue weighted by Crippen LogP contribution is 2.32. The smallest absolute Gasteiger partial charge is 0.217 e. The molecule has 0 saturated carbocycles. The molecule has 18 nitrogen and oxygen atoms in total. The zero-order valence-electron chi connectivity index (χ0n) is 21.7. The molecule has 18 heteroatoms. The highest BCUT2D eigenvalue weighted by molar-refractivity contribution is 5.73. The second kappa shape index (κ2) is 14.0. The van der Waals surface area contributed by atoms with Gasteiger partial charge >= 0.3 is 0 Å². The molecule has 0 aromatic carbocycles. The first-order valence-electron chi connectivity index (χ1n) is 12.6. The lowest BCUT2D eigenvalue weighted by Gasteiger charge is -2.49. The monoisotopic (exact) mass is 586 g/mol. The van der Waals surface area contributed by atoms with Crippen molar-refractivity contribution in [2.75, 3.05) is 19.8 Å². The Labute approximate surface area is 228 Å². The third kappa shape index (κ3) is 7.05. The van der Waals surface area contributed by atoms with Gasteiger partial charge in [-0.1, -0.05) is 0 Å². The molecule has 40 heavy (non-hydrogen) atoms. The standard InChI is InChI=1S/C22H38N2O16/c1-6(28)23-11-14(31)18(9(4-26)36-20(11)35)39-21-12(24-7(2)29)15(32)19(10(5-27)38-21)40-22-17(34)16(33)13(30)8(3-25)37-22/h8-22,25-27,30-35H,3-5H2,1-2H3,(H,23,28)(H,24,29)/t8-,9-,10-,11-,12-,13-,14-,15-,16+,17+,18-,19-,20?,21+,22+/m1/s1. The predicted molar refractivity (Wildman–Crippen MR) is 124 cm³/mol. The summed E-state index contributed by atoms with van der Waals surface area (Å²) < 4.78 is 27.7. The van der Waals surface area contributed by atoms with E-state index in [1.807, 2.05) is 0 Å². The first-order valence-corrected chi connectivity index (χ1v) is 12.6. The summed E-state index contributed by atoms with van der Waals surface area (Å²) in [6.07, 6.45) is -21.1. The van der Waals surface area contributed by atoms with Crippen molar-refractivity contribution in [1.29, 1.82) is 0 Å². The second-order valence-electron chi connectivity index (χ2n) is 9.81. The predicted octanol–water partition coefficient (Wildman–Crippen LogP) is -7.29. The maximum Gasteiger partial charge on any atom is 0.217 e. The van der Waals surface area contributed by atoms with Crippen molar-refractivity contribution in [1.82, 2.24) is 10.6 Å². The van der Waals surface area contributed by atoms with Crippen molar-refractivity contribution in [3.63, 3.8) is 0 Å². The van der Waals surface area contributed by atoms with Crippen molar-refractivity contribution in [3.05, 3.63) is 0 Å². The molecule has 11 N–H and O–H groups in total. The minimum atomic E-state index is -1.85. The fourth-order valence-electron chi connectivity index (χ4n) is 4.87. The van der Waals surface area contributed by atoms with Crippen LogP contribution in [0.3, 0.4) is 0 Å². The fourth-order valence-corrected chi connectivity index (χ4v) is 4.87. The van der Waals surface area contributed by atoms with Gasteiger partial charge in [0.1, 0.15) is 73.1 Å². The van der Waals surface area contributed by atoms with Gasteiger partial charge in [0.2, 0.25) is 11.8 Å². The Morgan fingerprint density at radius 3 is 1.57 bits per heavy atom. The number of hydrogen-bond acceptors (Lipinski definition) is 16. The molecule has 0 bridgehead atoms. The summed E-state index contributed by atoms with van der Waals surface area (Å²) >= 11 is 0. The SMILES string of the molecule is CC(=O)N[C@H]1[C@H](O[C@H]2[C@H](O)[C@@H](NC(C)=O)C(O)O[C@@H]2CO)O[C@H](CO)[C@@H](O[C@@H]2O[C@H](CO)[C@@H](O)[C@H](O)[C@@H]2O)[C@@H]1O. The van der Waals surface area contributed by atoms with E-state index in [0.717, 1.165) is 13.8 Å². The number of aliphatic hydroxyl groups excluding tert-OH is 9. The fraction of sp³-hybridized carbons (Fsp3) is 0.909. The van der Waals surface area contributed by atoms with E-state index in [1.54, 1.807) is 0 Å². The first-order chi connectivity index (χ1) is 18.8. The lowest BCUT2D eigenvalue weighted by atomic mass is 9.94. The Morgan fingerprint density at radius 2 is 1.05 bits per heavy atom. The quantitative estimate of drug-likeness (QED) is 0.120. The molecular formula is C22H38N2O16. The zero-order chi connectivity index (χ0) is 29.9. The maximum absolute atomic E-state index is 12.0. The summed E-state index contributed by atoms with van der Waals surface area (Å²) in [6, 6.07) is -2.87. The van der Waals surface area contributed by atoms with E-state index in [4.69, 9.17) is 23.7 Å². The Kier molecular flexibility index (Phi) is 11.5. The molecule has 0 aromatic rings. The number of nitrogens with one attached hydrogen (secondary N) is 2. The van der Waals surface area contributed by atoms with Crippen LogP contribution >= 0.6 is 0 Å². The van der Waals surface area contributed by atoms with Gasteiger partial charge in [-0.3, -0.25) is 9.59 Å².